The second-order valence-corrected chi connectivity index (χ2v) is 8.07. The summed E-state index contributed by atoms with van der Waals surface area (Å²) in [5.41, 5.74) is 1.62. The Balaban J connectivity index is 1.86. The molecule has 3 rings (SSSR count). The number of esters is 1. The molecule has 2 aliphatic heterocycles. The van der Waals surface area contributed by atoms with Crippen molar-refractivity contribution in [3.8, 4) is 0 Å². The number of amides is 1. The Hall–Kier alpha value is -1.62. The smallest absolute Gasteiger partial charge is 0.340 e. The standard InChI is InChI=1S/C21H31NO4/c1-13(2)15-7-9-16(10-8-15)22-14(3)19(21(24)25-4)18(20(22)23)12-17-6-5-11-26-17/h12-13,15-17H,5-11H2,1-4H3/b18-12-. The Labute approximate surface area is 156 Å². The number of nitrogens with zero attached hydrogens (tertiary/aromatic N) is 1. The number of allylic oxidation sites excluding steroid dienone is 1. The predicted molar refractivity (Wildman–Crippen MR) is 99.2 cm³/mol. The highest BCUT2D eigenvalue weighted by atomic mass is 16.5. The van der Waals surface area contributed by atoms with Crippen LogP contribution in [-0.2, 0) is 19.1 Å². The van der Waals surface area contributed by atoms with Crippen LogP contribution < -0.4 is 0 Å². The van der Waals surface area contributed by atoms with Gasteiger partial charge in [-0.2, -0.15) is 0 Å². The zero-order chi connectivity index (χ0) is 18.8. The Bertz CT molecular complexity index is 620. The molecule has 0 spiro atoms. The van der Waals surface area contributed by atoms with Crippen molar-refractivity contribution in [2.45, 2.75) is 71.4 Å². The third-order valence-electron chi connectivity index (χ3n) is 6.20. The van der Waals surface area contributed by atoms with Crippen LogP contribution >= 0.6 is 0 Å². The highest BCUT2D eigenvalue weighted by molar-refractivity contribution is 6.13. The van der Waals surface area contributed by atoms with Gasteiger partial charge in [0.15, 0.2) is 0 Å². The second kappa shape index (κ2) is 7.95. The summed E-state index contributed by atoms with van der Waals surface area (Å²) in [5.74, 6) is 0.919. The van der Waals surface area contributed by atoms with Crippen LogP contribution in [0, 0.1) is 11.8 Å². The van der Waals surface area contributed by atoms with E-state index in [4.69, 9.17) is 9.47 Å². The first-order valence-electron chi connectivity index (χ1n) is 9.90. The fourth-order valence-electron chi connectivity index (χ4n) is 4.60. The maximum Gasteiger partial charge on any atom is 0.340 e. The third kappa shape index (κ3) is 3.59. The lowest BCUT2D eigenvalue weighted by atomic mass is 9.79. The van der Waals surface area contributed by atoms with Gasteiger partial charge in [-0.3, -0.25) is 4.79 Å². The van der Waals surface area contributed by atoms with Gasteiger partial charge in [0.05, 0.1) is 24.4 Å². The van der Waals surface area contributed by atoms with Crippen molar-refractivity contribution >= 4 is 11.9 Å². The maximum absolute atomic E-state index is 13.2. The minimum Gasteiger partial charge on any atom is -0.465 e. The topological polar surface area (TPSA) is 55.8 Å². The molecule has 0 aromatic rings. The molecule has 1 amide bonds. The average Bonchev–Trinajstić information content (AvgIpc) is 3.22. The molecule has 2 heterocycles. The molecule has 0 aromatic carbocycles. The predicted octanol–water partition coefficient (Wildman–Crippen LogP) is 3.60. The molecule has 3 aliphatic rings. The van der Waals surface area contributed by atoms with Crippen LogP contribution in [0.4, 0.5) is 0 Å². The molecule has 1 saturated carbocycles. The summed E-state index contributed by atoms with van der Waals surface area (Å²) in [7, 11) is 1.37. The number of rotatable bonds is 4. The van der Waals surface area contributed by atoms with E-state index < -0.39 is 5.97 Å². The summed E-state index contributed by atoms with van der Waals surface area (Å²) in [6.45, 7) is 7.13. The molecule has 144 valence electrons. The molecule has 5 heteroatoms. The van der Waals surface area contributed by atoms with Crippen molar-refractivity contribution < 1.29 is 19.1 Å². The van der Waals surface area contributed by atoms with Crippen LogP contribution in [0.25, 0.3) is 0 Å². The van der Waals surface area contributed by atoms with E-state index in [1.165, 1.54) is 7.11 Å². The highest BCUT2D eigenvalue weighted by Crippen LogP contribution is 2.39. The maximum atomic E-state index is 13.2. The fourth-order valence-corrected chi connectivity index (χ4v) is 4.60. The summed E-state index contributed by atoms with van der Waals surface area (Å²) in [6, 6.07) is 0.174. The summed E-state index contributed by atoms with van der Waals surface area (Å²) < 4.78 is 10.6. The molecule has 0 radical (unpaired) electrons. The summed E-state index contributed by atoms with van der Waals surface area (Å²) >= 11 is 0. The van der Waals surface area contributed by atoms with Crippen LogP contribution in [0.2, 0.25) is 0 Å². The molecule has 1 saturated heterocycles. The van der Waals surface area contributed by atoms with Gasteiger partial charge in [0.1, 0.15) is 0 Å². The number of hydrogen-bond donors (Lipinski definition) is 0. The highest BCUT2D eigenvalue weighted by Gasteiger charge is 2.42. The lowest BCUT2D eigenvalue weighted by Crippen LogP contribution is -2.39. The van der Waals surface area contributed by atoms with E-state index in [-0.39, 0.29) is 18.1 Å². The first-order chi connectivity index (χ1) is 12.4. The van der Waals surface area contributed by atoms with Crippen molar-refractivity contribution in [2.75, 3.05) is 13.7 Å². The van der Waals surface area contributed by atoms with E-state index in [1.807, 2.05) is 17.9 Å². The zero-order valence-corrected chi connectivity index (χ0v) is 16.4. The third-order valence-corrected chi connectivity index (χ3v) is 6.20. The largest absolute Gasteiger partial charge is 0.465 e. The first-order valence-corrected chi connectivity index (χ1v) is 9.90. The molecule has 2 fully saturated rings. The van der Waals surface area contributed by atoms with Gasteiger partial charge in [0.25, 0.3) is 5.91 Å². The van der Waals surface area contributed by atoms with Gasteiger partial charge < -0.3 is 14.4 Å². The Morgan fingerprint density at radius 1 is 1.23 bits per heavy atom. The van der Waals surface area contributed by atoms with Crippen LogP contribution in [0.3, 0.4) is 0 Å². The van der Waals surface area contributed by atoms with Crippen molar-refractivity contribution in [1.82, 2.24) is 4.90 Å². The SMILES string of the molecule is COC(=O)C1=C(C)N(C2CCC(C(C)C)CC2)C(=O)/C1=C\C1CCCO1. The minimum atomic E-state index is -0.432. The zero-order valence-electron chi connectivity index (χ0n) is 16.4. The molecule has 0 bridgehead atoms. The molecule has 26 heavy (non-hydrogen) atoms. The molecular weight excluding hydrogens is 330 g/mol. The Kier molecular flexibility index (Phi) is 5.86. The van der Waals surface area contributed by atoms with E-state index in [1.54, 1.807) is 0 Å². The Morgan fingerprint density at radius 2 is 1.92 bits per heavy atom. The van der Waals surface area contributed by atoms with Crippen LogP contribution in [0.15, 0.2) is 22.9 Å². The normalized spacial score (nSPS) is 31.4. The average molecular weight is 361 g/mol. The van der Waals surface area contributed by atoms with Gasteiger partial charge in [-0.1, -0.05) is 13.8 Å². The molecule has 1 atom stereocenters. The van der Waals surface area contributed by atoms with Gasteiger partial charge in [0, 0.05) is 18.3 Å². The van der Waals surface area contributed by atoms with E-state index in [2.05, 4.69) is 13.8 Å². The van der Waals surface area contributed by atoms with Crippen molar-refractivity contribution in [2.24, 2.45) is 11.8 Å². The van der Waals surface area contributed by atoms with Crippen molar-refractivity contribution in [3.63, 3.8) is 0 Å². The van der Waals surface area contributed by atoms with Gasteiger partial charge in [-0.25, -0.2) is 4.79 Å². The van der Waals surface area contributed by atoms with Crippen LogP contribution in [0.1, 0.15) is 59.3 Å². The fraction of sp³-hybridized carbons (Fsp3) is 0.714. The van der Waals surface area contributed by atoms with Gasteiger partial charge >= 0.3 is 5.97 Å². The molecule has 0 N–H and O–H groups in total. The van der Waals surface area contributed by atoms with Gasteiger partial charge in [-0.15, -0.1) is 0 Å². The van der Waals surface area contributed by atoms with E-state index in [0.717, 1.165) is 50.1 Å². The first kappa shape index (κ1) is 19.2. The Morgan fingerprint density at radius 3 is 2.46 bits per heavy atom. The summed E-state index contributed by atoms with van der Waals surface area (Å²) in [5, 5.41) is 0. The molecule has 1 unspecified atom stereocenters. The monoisotopic (exact) mass is 361 g/mol. The molecule has 5 nitrogen and oxygen atoms in total. The minimum absolute atomic E-state index is 0.0635. The number of hydrogen-bond acceptors (Lipinski definition) is 4. The molecular formula is C21H31NO4. The van der Waals surface area contributed by atoms with Gasteiger partial charge in [0.2, 0.25) is 0 Å². The summed E-state index contributed by atoms with van der Waals surface area (Å²) in [4.78, 5) is 27.4. The number of methoxy groups -OCH3 is 1. The lowest BCUT2D eigenvalue weighted by molar-refractivity contribution is -0.136. The lowest BCUT2D eigenvalue weighted by Gasteiger charge is -2.36. The quantitative estimate of drug-likeness (QED) is 0.567. The molecule has 0 aromatic heterocycles. The van der Waals surface area contributed by atoms with Crippen molar-refractivity contribution in [3.05, 3.63) is 22.9 Å². The van der Waals surface area contributed by atoms with E-state index >= 15 is 0 Å². The van der Waals surface area contributed by atoms with Crippen LogP contribution in [-0.4, -0.2) is 42.6 Å². The number of carbonyl (C=O) groups is 2. The second-order valence-electron chi connectivity index (χ2n) is 8.07. The van der Waals surface area contributed by atoms with E-state index in [9.17, 15) is 9.59 Å². The summed E-state index contributed by atoms with van der Waals surface area (Å²) in [6.07, 6.45) is 7.89. The number of carbonyl (C=O) groups excluding carboxylic acids is 2. The molecule has 1 aliphatic carbocycles. The number of ether oxygens (including phenoxy) is 2. The van der Waals surface area contributed by atoms with E-state index in [0.29, 0.717) is 23.7 Å². The van der Waals surface area contributed by atoms with Crippen molar-refractivity contribution in [1.29, 1.82) is 0 Å². The van der Waals surface area contributed by atoms with Crippen LogP contribution in [0.5, 0.6) is 0 Å². The van der Waals surface area contributed by atoms with Gasteiger partial charge in [-0.05, 0) is 63.4 Å².